The van der Waals surface area contributed by atoms with Crippen molar-refractivity contribution in [1.29, 1.82) is 0 Å². The first-order valence-electron chi connectivity index (χ1n) is 11.9. The minimum Gasteiger partial charge on any atom is -0.461 e. The van der Waals surface area contributed by atoms with Crippen molar-refractivity contribution in [2.24, 2.45) is 5.41 Å². The summed E-state index contributed by atoms with van der Waals surface area (Å²) in [7, 11) is 0. The second-order valence-electron chi connectivity index (χ2n) is 9.19. The zero-order valence-electron chi connectivity index (χ0n) is 21.2. The smallest absolute Gasteiger partial charge is 0.338 e. The van der Waals surface area contributed by atoms with Crippen LogP contribution in [0.15, 0.2) is 72.8 Å². The lowest BCUT2D eigenvalue weighted by Gasteiger charge is -2.31. The standard InChI is InChI=1S/C30H32O6/c1-5-30(18-34-27(31)24-12-6-9-21(2)15-24,19-35-28(32)25-13-7-10-22(3)16-25)20-36-29(33)26-14-8-11-23(4)17-26/h6-17H,5,18-20H2,1-4H3. The average molecular weight is 489 g/mol. The Balaban J connectivity index is 1.75. The van der Waals surface area contributed by atoms with Gasteiger partial charge >= 0.3 is 17.9 Å². The molecule has 36 heavy (non-hydrogen) atoms. The van der Waals surface area contributed by atoms with Gasteiger partial charge in [-0.15, -0.1) is 0 Å². The van der Waals surface area contributed by atoms with E-state index in [1.54, 1.807) is 54.6 Å². The van der Waals surface area contributed by atoms with Gasteiger partial charge in [0.1, 0.15) is 19.8 Å². The number of benzene rings is 3. The van der Waals surface area contributed by atoms with Gasteiger partial charge in [0.15, 0.2) is 0 Å². The maximum absolute atomic E-state index is 12.7. The van der Waals surface area contributed by atoms with Crippen LogP contribution >= 0.6 is 0 Å². The summed E-state index contributed by atoms with van der Waals surface area (Å²) in [4.78, 5) is 38.1. The van der Waals surface area contributed by atoms with E-state index in [4.69, 9.17) is 14.2 Å². The monoisotopic (exact) mass is 488 g/mol. The van der Waals surface area contributed by atoms with Crippen molar-refractivity contribution in [2.75, 3.05) is 19.8 Å². The quantitative estimate of drug-likeness (QED) is 0.262. The number of hydrogen-bond donors (Lipinski definition) is 0. The predicted molar refractivity (Wildman–Crippen MR) is 137 cm³/mol. The van der Waals surface area contributed by atoms with E-state index in [2.05, 4.69) is 0 Å². The number of aryl methyl sites for hydroxylation is 3. The van der Waals surface area contributed by atoms with Crippen LogP contribution < -0.4 is 0 Å². The van der Waals surface area contributed by atoms with Gasteiger partial charge in [0, 0.05) is 0 Å². The summed E-state index contributed by atoms with van der Waals surface area (Å²) in [5.41, 5.74) is 3.16. The lowest BCUT2D eigenvalue weighted by Crippen LogP contribution is -2.39. The third-order valence-electron chi connectivity index (χ3n) is 6.04. The number of carbonyl (C=O) groups excluding carboxylic acids is 3. The summed E-state index contributed by atoms with van der Waals surface area (Å²) in [6.07, 6.45) is 0.441. The Kier molecular flexibility index (Phi) is 9.01. The highest BCUT2D eigenvalue weighted by Gasteiger charge is 2.35. The van der Waals surface area contributed by atoms with Gasteiger partial charge in [-0.2, -0.15) is 0 Å². The number of hydrogen-bond acceptors (Lipinski definition) is 6. The first-order chi connectivity index (χ1) is 17.2. The zero-order chi connectivity index (χ0) is 26.1. The van der Waals surface area contributed by atoms with Crippen LogP contribution in [0.25, 0.3) is 0 Å². The van der Waals surface area contributed by atoms with Crippen molar-refractivity contribution < 1.29 is 28.6 Å². The van der Waals surface area contributed by atoms with Gasteiger partial charge in [-0.05, 0) is 63.6 Å². The molecule has 3 rings (SSSR count). The largest absolute Gasteiger partial charge is 0.461 e. The number of carbonyl (C=O) groups is 3. The molecule has 0 atom stereocenters. The van der Waals surface area contributed by atoms with Gasteiger partial charge in [0.25, 0.3) is 0 Å². The summed E-state index contributed by atoms with van der Waals surface area (Å²) in [6.45, 7) is 7.30. The van der Waals surface area contributed by atoms with Crippen molar-refractivity contribution in [3.05, 3.63) is 106 Å². The molecule has 6 nitrogen and oxygen atoms in total. The highest BCUT2D eigenvalue weighted by molar-refractivity contribution is 5.90. The Bertz CT molecular complexity index is 1080. The molecule has 188 valence electrons. The summed E-state index contributed by atoms with van der Waals surface area (Å²) < 4.78 is 16.9. The van der Waals surface area contributed by atoms with E-state index in [0.717, 1.165) is 16.7 Å². The Morgan fingerprint density at radius 3 is 1.14 bits per heavy atom. The molecule has 0 radical (unpaired) electrons. The summed E-state index contributed by atoms with van der Waals surface area (Å²) >= 11 is 0. The zero-order valence-corrected chi connectivity index (χ0v) is 21.2. The van der Waals surface area contributed by atoms with Crippen LogP contribution in [-0.4, -0.2) is 37.7 Å². The lowest BCUT2D eigenvalue weighted by molar-refractivity contribution is -0.0381. The predicted octanol–water partition coefficient (Wildman–Crippen LogP) is 5.88. The second kappa shape index (κ2) is 12.2. The van der Waals surface area contributed by atoms with Crippen molar-refractivity contribution >= 4 is 17.9 Å². The van der Waals surface area contributed by atoms with Gasteiger partial charge in [-0.3, -0.25) is 0 Å². The molecule has 0 amide bonds. The molecule has 0 aliphatic carbocycles. The first kappa shape index (κ1) is 26.7. The van der Waals surface area contributed by atoms with Crippen LogP contribution in [0.1, 0.15) is 61.1 Å². The van der Waals surface area contributed by atoms with Crippen LogP contribution in [0.2, 0.25) is 0 Å². The van der Waals surface area contributed by atoms with Crippen LogP contribution in [0.5, 0.6) is 0 Å². The molecule has 6 heteroatoms. The molecular formula is C30H32O6. The lowest BCUT2D eigenvalue weighted by atomic mass is 9.88. The van der Waals surface area contributed by atoms with Crippen molar-refractivity contribution in [3.8, 4) is 0 Å². The SMILES string of the molecule is CCC(COC(=O)c1cccc(C)c1)(COC(=O)c1cccc(C)c1)COC(=O)c1cccc(C)c1. The normalized spacial score (nSPS) is 11.0. The number of ether oxygens (including phenoxy) is 3. The summed E-state index contributed by atoms with van der Waals surface area (Å²) in [6, 6.07) is 21.3. The Labute approximate surface area is 212 Å². The minimum atomic E-state index is -0.918. The fourth-order valence-corrected chi connectivity index (χ4v) is 3.65. The summed E-state index contributed by atoms with van der Waals surface area (Å²) in [5.74, 6) is -1.48. The van der Waals surface area contributed by atoms with Crippen LogP contribution in [0.3, 0.4) is 0 Å². The third-order valence-corrected chi connectivity index (χ3v) is 6.04. The van der Waals surface area contributed by atoms with Gasteiger partial charge in [-0.25, -0.2) is 14.4 Å². The topological polar surface area (TPSA) is 78.9 Å². The molecule has 3 aromatic rings. The Hall–Kier alpha value is -3.93. The van der Waals surface area contributed by atoms with E-state index < -0.39 is 23.3 Å². The maximum Gasteiger partial charge on any atom is 0.338 e. The van der Waals surface area contributed by atoms with Crippen LogP contribution in [0.4, 0.5) is 0 Å². The van der Waals surface area contributed by atoms with Crippen molar-refractivity contribution in [1.82, 2.24) is 0 Å². The van der Waals surface area contributed by atoms with Crippen LogP contribution in [0, 0.1) is 26.2 Å². The fraction of sp³-hybridized carbons (Fsp3) is 0.300. The molecule has 0 spiro atoms. The summed E-state index contributed by atoms with van der Waals surface area (Å²) in [5, 5.41) is 0. The fourth-order valence-electron chi connectivity index (χ4n) is 3.65. The van der Waals surface area contributed by atoms with E-state index in [1.807, 2.05) is 45.9 Å². The minimum absolute atomic E-state index is 0.0849. The number of rotatable bonds is 10. The van der Waals surface area contributed by atoms with Gasteiger partial charge < -0.3 is 14.2 Å². The highest BCUT2D eigenvalue weighted by atomic mass is 16.6. The molecule has 3 aromatic carbocycles. The molecule has 0 saturated carbocycles. The molecule has 0 N–H and O–H groups in total. The molecule has 0 bridgehead atoms. The molecule has 0 saturated heterocycles. The number of esters is 3. The molecule has 0 aromatic heterocycles. The van der Waals surface area contributed by atoms with Gasteiger partial charge in [0.2, 0.25) is 0 Å². The maximum atomic E-state index is 12.7. The second-order valence-corrected chi connectivity index (χ2v) is 9.19. The Morgan fingerprint density at radius 2 is 0.889 bits per heavy atom. The van der Waals surface area contributed by atoms with Gasteiger partial charge in [0.05, 0.1) is 22.1 Å². The van der Waals surface area contributed by atoms with E-state index in [-0.39, 0.29) is 19.8 Å². The van der Waals surface area contributed by atoms with Crippen molar-refractivity contribution in [3.63, 3.8) is 0 Å². The third kappa shape index (κ3) is 7.28. The molecule has 0 unspecified atom stereocenters. The van der Waals surface area contributed by atoms with Crippen LogP contribution in [-0.2, 0) is 14.2 Å². The van der Waals surface area contributed by atoms with Crippen molar-refractivity contribution in [2.45, 2.75) is 34.1 Å². The highest BCUT2D eigenvalue weighted by Crippen LogP contribution is 2.26. The Morgan fingerprint density at radius 1 is 0.583 bits per heavy atom. The van der Waals surface area contributed by atoms with Gasteiger partial charge in [-0.1, -0.05) is 60.0 Å². The molecule has 0 aliphatic heterocycles. The van der Waals surface area contributed by atoms with E-state index in [1.165, 1.54) is 0 Å². The van der Waals surface area contributed by atoms with E-state index >= 15 is 0 Å². The van der Waals surface area contributed by atoms with E-state index in [0.29, 0.717) is 23.1 Å². The first-order valence-corrected chi connectivity index (χ1v) is 11.9. The average Bonchev–Trinajstić information content (AvgIpc) is 2.88. The molecular weight excluding hydrogens is 456 g/mol. The molecule has 0 fully saturated rings. The van der Waals surface area contributed by atoms with E-state index in [9.17, 15) is 14.4 Å². The molecule has 0 heterocycles. The molecule has 0 aliphatic rings.